The maximum Gasteiger partial charge on any atom is 0.167 e. The van der Waals surface area contributed by atoms with Crippen LogP contribution in [0, 0.1) is 5.92 Å². The van der Waals surface area contributed by atoms with E-state index >= 15 is 0 Å². The predicted octanol–water partition coefficient (Wildman–Crippen LogP) is 2.71. The molecular weight excluding hydrogens is 174 g/mol. The van der Waals surface area contributed by atoms with Crippen molar-refractivity contribution in [2.75, 3.05) is 5.32 Å². The van der Waals surface area contributed by atoms with Gasteiger partial charge >= 0.3 is 0 Å². The minimum atomic E-state index is 0.262. The summed E-state index contributed by atoms with van der Waals surface area (Å²) in [5.41, 5.74) is 1.83. The van der Waals surface area contributed by atoms with Crippen LogP contribution in [0.3, 0.4) is 0 Å². The Bertz CT molecular complexity index is 357. The normalized spacial score (nSPS) is 20.5. The van der Waals surface area contributed by atoms with Gasteiger partial charge in [-0.25, -0.2) is 0 Å². The van der Waals surface area contributed by atoms with Crippen molar-refractivity contribution in [3.8, 4) is 0 Å². The van der Waals surface area contributed by atoms with Crippen molar-refractivity contribution in [2.45, 2.75) is 26.3 Å². The Kier molecular flexibility index (Phi) is 2.28. The fourth-order valence-corrected chi connectivity index (χ4v) is 1.81. The van der Waals surface area contributed by atoms with Crippen LogP contribution < -0.4 is 5.32 Å². The topological polar surface area (TPSA) is 29.1 Å². The summed E-state index contributed by atoms with van der Waals surface area (Å²) in [5, 5.41) is 3.41. The summed E-state index contributed by atoms with van der Waals surface area (Å²) < 4.78 is 0. The van der Waals surface area contributed by atoms with Gasteiger partial charge in [0.05, 0.1) is 0 Å². The van der Waals surface area contributed by atoms with E-state index in [1.807, 2.05) is 24.3 Å². The fraction of sp³-hybridized carbons (Fsp3) is 0.417. The number of benzene rings is 1. The summed E-state index contributed by atoms with van der Waals surface area (Å²) in [6.45, 7) is 4.28. The minimum absolute atomic E-state index is 0.262. The third kappa shape index (κ3) is 1.52. The lowest BCUT2D eigenvalue weighted by atomic mass is 9.91. The van der Waals surface area contributed by atoms with E-state index < -0.39 is 0 Å². The van der Waals surface area contributed by atoms with E-state index in [0.29, 0.717) is 12.3 Å². The molecule has 2 heteroatoms. The Morgan fingerprint density at radius 3 is 2.79 bits per heavy atom. The first kappa shape index (κ1) is 9.25. The van der Waals surface area contributed by atoms with Crippen molar-refractivity contribution in [3.63, 3.8) is 0 Å². The molecule has 0 fully saturated rings. The zero-order valence-corrected chi connectivity index (χ0v) is 8.58. The molecule has 0 aliphatic carbocycles. The molecule has 1 aromatic carbocycles. The second kappa shape index (κ2) is 3.45. The van der Waals surface area contributed by atoms with Crippen molar-refractivity contribution < 1.29 is 4.79 Å². The standard InChI is InChI=1S/C12H15NO/c1-8(2)11-7-12(14)9-5-3-4-6-10(9)13-11/h3-6,8,11,13H,7H2,1-2H3. The minimum Gasteiger partial charge on any atom is -0.381 e. The number of hydrogen-bond donors (Lipinski definition) is 1. The second-order valence-electron chi connectivity index (χ2n) is 4.17. The molecule has 1 unspecified atom stereocenters. The van der Waals surface area contributed by atoms with Crippen molar-refractivity contribution in [2.24, 2.45) is 5.92 Å². The molecule has 0 amide bonds. The van der Waals surface area contributed by atoms with Crippen LogP contribution in [0.5, 0.6) is 0 Å². The highest BCUT2D eigenvalue weighted by Gasteiger charge is 2.25. The number of hydrogen-bond acceptors (Lipinski definition) is 2. The van der Waals surface area contributed by atoms with Crippen molar-refractivity contribution in [3.05, 3.63) is 29.8 Å². The molecule has 1 aliphatic rings. The molecule has 1 N–H and O–H groups in total. The maximum absolute atomic E-state index is 11.8. The van der Waals surface area contributed by atoms with Gasteiger partial charge < -0.3 is 5.32 Å². The largest absolute Gasteiger partial charge is 0.381 e. The number of ketones is 1. The first-order valence-electron chi connectivity index (χ1n) is 5.07. The van der Waals surface area contributed by atoms with Gasteiger partial charge in [0.1, 0.15) is 0 Å². The third-order valence-corrected chi connectivity index (χ3v) is 2.78. The van der Waals surface area contributed by atoms with E-state index in [9.17, 15) is 4.79 Å². The van der Waals surface area contributed by atoms with E-state index in [2.05, 4.69) is 19.2 Å². The van der Waals surface area contributed by atoms with Crippen LogP contribution in [0.1, 0.15) is 30.6 Å². The summed E-state index contributed by atoms with van der Waals surface area (Å²) in [4.78, 5) is 11.8. The third-order valence-electron chi connectivity index (χ3n) is 2.78. The van der Waals surface area contributed by atoms with Gasteiger partial charge in [-0.3, -0.25) is 4.79 Å². The first-order chi connectivity index (χ1) is 6.68. The van der Waals surface area contributed by atoms with E-state index in [1.165, 1.54) is 0 Å². The van der Waals surface area contributed by atoms with Crippen LogP contribution in [0.25, 0.3) is 0 Å². The van der Waals surface area contributed by atoms with E-state index in [-0.39, 0.29) is 11.8 Å². The average Bonchev–Trinajstić information content (AvgIpc) is 2.17. The summed E-state index contributed by atoms with van der Waals surface area (Å²) in [7, 11) is 0. The van der Waals surface area contributed by atoms with Crippen LogP contribution >= 0.6 is 0 Å². The van der Waals surface area contributed by atoms with Gasteiger partial charge in [-0.2, -0.15) is 0 Å². The fourth-order valence-electron chi connectivity index (χ4n) is 1.81. The molecule has 74 valence electrons. The molecule has 1 heterocycles. The number of para-hydroxylation sites is 1. The zero-order chi connectivity index (χ0) is 10.1. The number of rotatable bonds is 1. The maximum atomic E-state index is 11.8. The van der Waals surface area contributed by atoms with Crippen LogP contribution in [0.4, 0.5) is 5.69 Å². The lowest BCUT2D eigenvalue weighted by Gasteiger charge is -2.28. The monoisotopic (exact) mass is 189 g/mol. The average molecular weight is 189 g/mol. The summed E-state index contributed by atoms with van der Waals surface area (Å²) in [5.74, 6) is 0.755. The molecular formula is C12H15NO. The van der Waals surface area contributed by atoms with Crippen LogP contribution in [0.2, 0.25) is 0 Å². The van der Waals surface area contributed by atoms with Gasteiger partial charge in [0.15, 0.2) is 5.78 Å². The Morgan fingerprint density at radius 2 is 2.07 bits per heavy atom. The van der Waals surface area contributed by atoms with Gasteiger partial charge in [-0.1, -0.05) is 26.0 Å². The number of anilines is 1. The highest BCUT2D eigenvalue weighted by atomic mass is 16.1. The second-order valence-corrected chi connectivity index (χ2v) is 4.17. The molecule has 2 nitrogen and oxygen atoms in total. The number of fused-ring (bicyclic) bond motifs is 1. The molecule has 0 bridgehead atoms. The van der Waals surface area contributed by atoms with Gasteiger partial charge in [0.25, 0.3) is 0 Å². The smallest absolute Gasteiger partial charge is 0.167 e. The Balaban J connectivity index is 2.33. The summed E-state index contributed by atoms with van der Waals surface area (Å²) in [6.07, 6.45) is 0.620. The molecule has 0 spiro atoms. The highest BCUT2D eigenvalue weighted by Crippen LogP contribution is 2.26. The molecule has 14 heavy (non-hydrogen) atoms. The Hall–Kier alpha value is -1.31. The Morgan fingerprint density at radius 1 is 1.36 bits per heavy atom. The predicted molar refractivity (Wildman–Crippen MR) is 57.6 cm³/mol. The van der Waals surface area contributed by atoms with Gasteiger partial charge in [0, 0.05) is 23.7 Å². The molecule has 0 saturated carbocycles. The zero-order valence-electron chi connectivity index (χ0n) is 8.58. The van der Waals surface area contributed by atoms with E-state index in [0.717, 1.165) is 11.3 Å². The Labute approximate surface area is 84.3 Å². The molecule has 1 aliphatic heterocycles. The number of carbonyl (C=O) groups is 1. The van der Waals surface area contributed by atoms with Crippen molar-refractivity contribution in [1.29, 1.82) is 0 Å². The van der Waals surface area contributed by atoms with Gasteiger partial charge in [-0.05, 0) is 18.1 Å². The number of nitrogens with one attached hydrogen (secondary N) is 1. The first-order valence-corrected chi connectivity index (χ1v) is 5.07. The highest BCUT2D eigenvalue weighted by molar-refractivity contribution is 6.03. The van der Waals surface area contributed by atoms with Crippen LogP contribution in [-0.4, -0.2) is 11.8 Å². The quantitative estimate of drug-likeness (QED) is 0.736. The lowest BCUT2D eigenvalue weighted by molar-refractivity contribution is 0.0965. The summed E-state index contributed by atoms with van der Waals surface area (Å²) >= 11 is 0. The van der Waals surface area contributed by atoms with Crippen molar-refractivity contribution >= 4 is 11.5 Å². The molecule has 2 rings (SSSR count). The summed E-state index contributed by atoms with van der Waals surface area (Å²) in [6, 6.07) is 8.02. The molecule has 0 radical (unpaired) electrons. The van der Waals surface area contributed by atoms with Gasteiger partial charge in [0.2, 0.25) is 0 Å². The molecule has 1 aromatic rings. The molecule has 1 atom stereocenters. The van der Waals surface area contributed by atoms with E-state index in [1.54, 1.807) is 0 Å². The van der Waals surface area contributed by atoms with Gasteiger partial charge in [-0.15, -0.1) is 0 Å². The molecule has 0 aromatic heterocycles. The number of carbonyl (C=O) groups excluding carboxylic acids is 1. The van der Waals surface area contributed by atoms with E-state index in [4.69, 9.17) is 0 Å². The lowest BCUT2D eigenvalue weighted by Crippen LogP contribution is -2.33. The number of Topliss-reactive ketones (excluding diaryl/α,β-unsaturated/α-hetero) is 1. The van der Waals surface area contributed by atoms with Crippen LogP contribution in [-0.2, 0) is 0 Å². The SMILES string of the molecule is CC(C)C1CC(=O)c2ccccc2N1. The van der Waals surface area contributed by atoms with Crippen LogP contribution in [0.15, 0.2) is 24.3 Å². The molecule has 0 saturated heterocycles. The van der Waals surface area contributed by atoms with Crippen molar-refractivity contribution in [1.82, 2.24) is 0 Å².